The second-order valence-electron chi connectivity index (χ2n) is 5.89. The number of rotatable bonds is 6. The second-order valence-corrected chi connectivity index (χ2v) is 6.29. The molecule has 0 aliphatic rings. The molecular weight excluding hydrogens is 395 g/mol. The summed E-state index contributed by atoms with van der Waals surface area (Å²) in [4.78, 5) is 12.3. The first-order valence-electron chi connectivity index (χ1n) is 8.17. The minimum atomic E-state index is -2.94. The van der Waals surface area contributed by atoms with Gasteiger partial charge in [-0.2, -0.15) is 13.9 Å². The number of anilines is 1. The van der Waals surface area contributed by atoms with Gasteiger partial charge >= 0.3 is 6.61 Å². The number of aryl methyl sites for hydroxylation is 1. The van der Waals surface area contributed by atoms with Crippen LogP contribution < -0.4 is 10.1 Å². The summed E-state index contributed by atoms with van der Waals surface area (Å²) in [6.45, 7) is -1.07. The van der Waals surface area contributed by atoms with Crippen molar-refractivity contribution in [2.45, 2.75) is 20.1 Å². The molecule has 9 heteroatoms. The Hall–Kier alpha value is -3.00. The third-order valence-electron chi connectivity index (χ3n) is 3.93. The highest BCUT2D eigenvalue weighted by Gasteiger charge is 2.14. The maximum atomic E-state index is 14.0. The fraction of sp³-hybridized carbons (Fsp3) is 0.158. The molecule has 0 bridgehead atoms. The van der Waals surface area contributed by atoms with Crippen LogP contribution in [-0.2, 0) is 6.54 Å². The van der Waals surface area contributed by atoms with Crippen LogP contribution in [0.5, 0.6) is 5.75 Å². The smallest absolute Gasteiger partial charge is 0.387 e. The van der Waals surface area contributed by atoms with Crippen LogP contribution in [-0.4, -0.2) is 22.3 Å². The molecule has 146 valence electrons. The van der Waals surface area contributed by atoms with Gasteiger partial charge in [-0.1, -0.05) is 17.7 Å². The molecule has 0 unspecified atom stereocenters. The molecule has 0 fully saturated rings. The van der Waals surface area contributed by atoms with E-state index in [4.69, 9.17) is 11.6 Å². The van der Waals surface area contributed by atoms with Crippen LogP contribution >= 0.6 is 11.6 Å². The molecule has 0 atom stereocenters. The van der Waals surface area contributed by atoms with E-state index in [9.17, 15) is 18.0 Å². The lowest BCUT2D eigenvalue weighted by atomic mass is 10.2. The molecule has 1 N–H and O–H groups in total. The van der Waals surface area contributed by atoms with Gasteiger partial charge in [0.2, 0.25) is 0 Å². The van der Waals surface area contributed by atoms with Crippen molar-refractivity contribution in [2.24, 2.45) is 0 Å². The maximum Gasteiger partial charge on any atom is 0.387 e. The van der Waals surface area contributed by atoms with Crippen LogP contribution in [0.25, 0.3) is 0 Å². The van der Waals surface area contributed by atoms with E-state index < -0.39 is 18.3 Å². The van der Waals surface area contributed by atoms with Crippen LogP contribution in [0.1, 0.15) is 21.6 Å². The Morgan fingerprint density at radius 3 is 2.61 bits per heavy atom. The van der Waals surface area contributed by atoms with Gasteiger partial charge < -0.3 is 10.1 Å². The number of nitrogens with zero attached hydrogens (tertiary/aromatic N) is 2. The Kier molecular flexibility index (Phi) is 5.89. The summed E-state index contributed by atoms with van der Waals surface area (Å²) in [5.74, 6) is -0.701. The molecule has 0 aliphatic heterocycles. The average molecular weight is 410 g/mol. The highest BCUT2D eigenvalue weighted by molar-refractivity contribution is 6.31. The van der Waals surface area contributed by atoms with E-state index in [2.05, 4.69) is 15.2 Å². The zero-order valence-electron chi connectivity index (χ0n) is 14.6. The molecule has 3 aromatic rings. The number of alkyl halides is 2. The Morgan fingerprint density at radius 2 is 1.96 bits per heavy atom. The molecule has 0 radical (unpaired) electrons. The molecule has 1 aromatic heterocycles. The van der Waals surface area contributed by atoms with Crippen LogP contribution in [0.3, 0.4) is 0 Å². The van der Waals surface area contributed by atoms with Gasteiger partial charge in [-0.25, -0.2) is 4.39 Å². The highest BCUT2D eigenvalue weighted by atomic mass is 35.5. The molecule has 5 nitrogen and oxygen atoms in total. The third kappa shape index (κ3) is 4.64. The van der Waals surface area contributed by atoms with E-state index in [0.29, 0.717) is 11.3 Å². The number of ether oxygens (including phenoxy) is 1. The summed E-state index contributed by atoms with van der Waals surface area (Å²) in [7, 11) is 0. The van der Waals surface area contributed by atoms with Gasteiger partial charge in [-0.15, -0.1) is 0 Å². The van der Waals surface area contributed by atoms with Gasteiger partial charge in [-0.05, 0) is 43.3 Å². The monoisotopic (exact) mass is 409 g/mol. The van der Waals surface area contributed by atoms with Gasteiger partial charge in [0.05, 0.1) is 6.54 Å². The number of hydrogen-bond acceptors (Lipinski definition) is 3. The Labute approximate surface area is 163 Å². The summed E-state index contributed by atoms with van der Waals surface area (Å²) < 4.78 is 44.1. The number of halogens is 4. The van der Waals surface area contributed by atoms with E-state index in [1.54, 1.807) is 19.1 Å². The fourth-order valence-electron chi connectivity index (χ4n) is 2.54. The highest BCUT2D eigenvalue weighted by Crippen LogP contribution is 2.22. The average Bonchev–Trinajstić information content (AvgIpc) is 2.97. The van der Waals surface area contributed by atoms with E-state index >= 15 is 0 Å². The number of aromatic nitrogens is 2. The van der Waals surface area contributed by atoms with Crippen molar-refractivity contribution in [3.05, 3.63) is 76.2 Å². The summed E-state index contributed by atoms with van der Waals surface area (Å²) >= 11 is 6.04. The van der Waals surface area contributed by atoms with E-state index in [0.717, 1.165) is 0 Å². The van der Waals surface area contributed by atoms with Gasteiger partial charge in [0, 0.05) is 27.9 Å². The van der Waals surface area contributed by atoms with Crippen LogP contribution in [0.15, 0.2) is 48.5 Å². The Balaban J connectivity index is 1.72. The SMILES string of the molecule is Cc1cc(NC(=O)c2ccc(OC(F)F)cc2)nn1Cc1c(F)cccc1Cl. The predicted octanol–water partition coefficient (Wildman–Crippen LogP) is 4.89. The summed E-state index contributed by atoms with van der Waals surface area (Å²) in [5, 5.41) is 7.14. The second kappa shape index (κ2) is 8.35. The summed E-state index contributed by atoms with van der Waals surface area (Å²) in [6.07, 6.45) is 0. The van der Waals surface area contributed by atoms with Gasteiger partial charge in [-0.3, -0.25) is 9.48 Å². The normalized spacial score (nSPS) is 10.9. The molecule has 0 saturated carbocycles. The molecule has 3 rings (SSSR count). The molecule has 1 amide bonds. The first-order chi connectivity index (χ1) is 13.3. The van der Waals surface area contributed by atoms with E-state index in [-0.39, 0.29) is 28.7 Å². The zero-order valence-corrected chi connectivity index (χ0v) is 15.4. The van der Waals surface area contributed by atoms with Gasteiger partial charge in [0.15, 0.2) is 5.82 Å². The quantitative estimate of drug-likeness (QED) is 0.631. The lowest BCUT2D eigenvalue weighted by Crippen LogP contribution is -2.13. The summed E-state index contributed by atoms with van der Waals surface area (Å²) in [5.41, 5.74) is 1.23. The lowest BCUT2D eigenvalue weighted by Gasteiger charge is -2.08. The Bertz CT molecular complexity index is 970. The molecule has 0 saturated heterocycles. The van der Waals surface area contributed by atoms with Crippen molar-refractivity contribution in [3.8, 4) is 5.75 Å². The van der Waals surface area contributed by atoms with Crippen molar-refractivity contribution in [1.82, 2.24) is 9.78 Å². The number of carbonyl (C=O) groups is 1. The van der Waals surface area contributed by atoms with Gasteiger partial charge in [0.25, 0.3) is 5.91 Å². The minimum Gasteiger partial charge on any atom is -0.435 e. The fourth-order valence-corrected chi connectivity index (χ4v) is 2.76. The Morgan fingerprint density at radius 1 is 1.25 bits per heavy atom. The number of nitrogens with one attached hydrogen (secondary N) is 1. The molecule has 28 heavy (non-hydrogen) atoms. The molecule has 1 heterocycles. The predicted molar refractivity (Wildman–Crippen MR) is 98.5 cm³/mol. The first-order valence-corrected chi connectivity index (χ1v) is 8.55. The van der Waals surface area contributed by atoms with Gasteiger partial charge in [0.1, 0.15) is 11.6 Å². The zero-order chi connectivity index (χ0) is 20.3. The van der Waals surface area contributed by atoms with Crippen molar-refractivity contribution < 1.29 is 22.7 Å². The van der Waals surface area contributed by atoms with Crippen LogP contribution in [0, 0.1) is 12.7 Å². The molecule has 0 aliphatic carbocycles. The largest absolute Gasteiger partial charge is 0.435 e. The number of benzene rings is 2. The van der Waals surface area contributed by atoms with Crippen molar-refractivity contribution in [3.63, 3.8) is 0 Å². The summed E-state index contributed by atoms with van der Waals surface area (Å²) in [6, 6.07) is 11.3. The number of amides is 1. The topological polar surface area (TPSA) is 56.1 Å². The van der Waals surface area contributed by atoms with Crippen molar-refractivity contribution in [2.75, 3.05) is 5.32 Å². The standard InChI is InChI=1S/C19H15ClF3N3O2/c1-11-9-17(25-26(11)10-14-15(20)3-2-4-16(14)21)24-18(27)12-5-7-13(8-6-12)28-19(22)23/h2-9,19H,10H2,1H3,(H,24,25,27). The minimum absolute atomic E-state index is 0.0477. The van der Waals surface area contributed by atoms with E-state index in [1.807, 2.05) is 0 Å². The van der Waals surface area contributed by atoms with E-state index in [1.165, 1.54) is 41.1 Å². The number of carbonyl (C=O) groups excluding carboxylic acids is 1. The van der Waals surface area contributed by atoms with Crippen LogP contribution in [0.4, 0.5) is 19.0 Å². The van der Waals surface area contributed by atoms with Crippen molar-refractivity contribution in [1.29, 1.82) is 0 Å². The first kappa shape index (κ1) is 19.8. The third-order valence-corrected chi connectivity index (χ3v) is 4.29. The molecule has 2 aromatic carbocycles. The van der Waals surface area contributed by atoms with Crippen LogP contribution in [0.2, 0.25) is 5.02 Å². The molecule has 0 spiro atoms. The molecular formula is C19H15ClF3N3O2. The maximum absolute atomic E-state index is 14.0. The lowest BCUT2D eigenvalue weighted by molar-refractivity contribution is -0.0498. The number of hydrogen-bond donors (Lipinski definition) is 1. The van der Waals surface area contributed by atoms with Crippen molar-refractivity contribution >= 4 is 23.3 Å².